The SMILES string of the molecule is CC(C)C(C(=O)NCC(=O)O)N(C)Cc1ccccc1. The Morgan fingerprint density at radius 1 is 1.25 bits per heavy atom. The summed E-state index contributed by atoms with van der Waals surface area (Å²) >= 11 is 0. The van der Waals surface area contributed by atoms with E-state index in [1.165, 1.54) is 0 Å². The van der Waals surface area contributed by atoms with Crippen LogP contribution in [0.5, 0.6) is 0 Å². The van der Waals surface area contributed by atoms with E-state index in [0.717, 1.165) is 5.56 Å². The predicted octanol–water partition coefficient (Wildman–Crippen LogP) is 1.34. The first-order valence-corrected chi connectivity index (χ1v) is 6.65. The summed E-state index contributed by atoms with van der Waals surface area (Å²) in [6, 6.07) is 9.51. The van der Waals surface area contributed by atoms with Crippen molar-refractivity contribution in [3.63, 3.8) is 0 Å². The number of hydrogen-bond acceptors (Lipinski definition) is 3. The van der Waals surface area contributed by atoms with Gasteiger partial charge in [0.15, 0.2) is 0 Å². The van der Waals surface area contributed by atoms with Gasteiger partial charge in [-0.1, -0.05) is 44.2 Å². The third kappa shape index (κ3) is 5.01. The highest BCUT2D eigenvalue weighted by atomic mass is 16.4. The zero-order chi connectivity index (χ0) is 15.1. The smallest absolute Gasteiger partial charge is 0.322 e. The molecular formula is C15H22N2O3. The largest absolute Gasteiger partial charge is 0.480 e. The molecule has 0 radical (unpaired) electrons. The number of carbonyl (C=O) groups is 2. The molecule has 20 heavy (non-hydrogen) atoms. The van der Waals surface area contributed by atoms with Gasteiger partial charge in [-0.25, -0.2) is 0 Å². The standard InChI is InChI=1S/C15H22N2O3/c1-11(2)14(15(20)16-9-13(18)19)17(3)10-12-7-5-4-6-8-12/h4-8,11,14H,9-10H2,1-3H3,(H,16,20)(H,18,19). The number of aliphatic carboxylic acids is 1. The fraction of sp³-hybridized carbons (Fsp3) is 0.467. The molecule has 5 nitrogen and oxygen atoms in total. The molecule has 0 aliphatic rings. The minimum absolute atomic E-state index is 0.0949. The topological polar surface area (TPSA) is 69.6 Å². The molecule has 0 aromatic heterocycles. The molecule has 5 heteroatoms. The van der Waals surface area contributed by atoms with Crippen molar-refractivity contribution in [1.82, 2.24) is 10.2 Å². The third-order valence-electron chi connectivity index (χ3n) is 3.06. The highest BCUT2D eigenvalue weighted by Gasteiger charge is 2.26. The maximum absolute atomic E-state index is 12.1. The zero-order valence-electron chi connectivity index (χ0n) is 12.2. The Labute approximate surface area is 119 Å². The van der Waals surface area contributed by atoms with Crippen LogP contribution in [0, 0.1) is 5.92 Å². The number of nitrogens with zero attached hydrogens (tertiary/aromatic N) is 1. The van der Waals surface area contributed by atoms with Crippen molar-refractivity contribution < 1.29 is 14.7 Å². The van der Waals surface area contributed by atoms with E-state index in [2.05, 4.69) is 5.32 Å². The van der Waals surface area contributed by atoms with E-state index < -0.39 is 5.97 Å². The van der Waals surface area contributed by atoms with Crippen molar-refractivity contribution in [2.75, 3.05) is 13.6 Å². The molecule has 1 amide bonds. The van der Waals surface area contributed by atoms with Crippen LogP contribution in [0.25, 0.3) is 0 Å². The van der Waals surface area contributed by atoms with Gasteiger partial charge in [0, 0.05) is 6.54 Å². The first kappa shape index (κ1) is 16.2. The maximum atomic E-state index is 12.1. The second kappa shape index (κ2) is 7.65. The summed E-state index contributed by atoms with van der Waals surface area (Å²) in [5, 5.41) is 11.1. The van der Waals surface area contributed by atoms with Crippen molar-refractivity contribution in [2.24, 2.45) is 5.92 Å². The predicted molar refractivity (Wildman–Crippen MR) is 77.2 cm³/mol. The molecule has 2 N–H and O–H groups in total. The minimum atomic E-state index is -1.04. The first-order chi connectivity index (χ1) is 9.41. The minimum Gasteiger partial charge on any atom is -0.480 e. The lowest BCUT2D eigenvalue weighted by Crippen LogP contribution is -2.49. The van der Waals surface area contributed by atoms with Gasteiger partial charge in [-0.15, -0.1) is 0 Å². The Morgan fingerprint density at radius 2 is 1.85 bits per heavy atom. The number of nitrogens with one attached hydrogen (secondary N) is 1. The van der Waals surface area contributed by atoms with Crippen LogP contribution in [-0.2, 0) is 16.1 Å². The van der Waals surface area contributed by atoms with Crippen molar-refractivity contribution in [3.8, 4) is 0 Å². The summed E-state index contributed by atoms with van der Waals surface area (Å²) in [4.78, 5) is 24.6. The number of hydrogen-bond donors (Lipinski definition) is 2. The molecule has 0 aliphatic carbocycles. The van der Waals surface area contributed by atoms with Crippen molar-refractivity contribution in [2.45, 2.75) is 26.4 Å². The Balaban J connectivity index is 2.69. The number of rotatable bonds is 7. The lowest BCUT2D eigenvalue weighted by molar-refractivity contribution is -0.139. The van der Waals surface area contributed by atoms with Gasteiger partial charge in [-0.05, 0) is 18.5 Å². The average molecular weight is 278 g/mol. The van der Waals surface area contributed by atoms with E-state index in [1.807, 2.05) is 56.1 Å². The molecule has 110 valence electrons. The number of carboxylic acids is 1. The lowest BCUT2D eigenvalue weighted by Gasteiger charge is -2.30. The lowest BCUT2D eigenvalue weighted by atomic mass is 10.0. The highest BCUT2D eigenvalue weighted by Crippen LogP contribution is 2.13. The quantitative estimate of drug-likeness (QED) is 0.790. The van der Waals surface area contributed by atoms with Gasteiger partial charge in [0.2, 0.25) is 5.91 Å². The summed E-state index contributed by atoms with van der Waals surface area (Å²) in [6.45, 7) is 4.20. The summed E-state index contributed by atoms with van der Waals surface area (Å²) in [7, 11) is 1.87. The molecule has 0 spiro atoms. The average Bonchev–Trinajstić information content (AvgIpc) is 2.37. The Kier molecular flexibility index (Phi) is 6.18. The molecule has 0 saturated carbocycles. The molecule has 1 rings (SSSR count). The molecule has 0 bridgehead atoms. The molecule has 1 aromatic carbocycles. The summed E-state index contributed by atoms with van der Waals surface area (Å²) in [5.41, 5.74) is 1.12. The fourth-order valence-corrected chi connectivity index (χ4v) is 2.25. The summed E-state index contributed by atoms with van der Waals surface area (Å²) in [5.74, 6) is -1.19. The van der Waals surface area contributed by atoms with Gasteiger partial charge in [-0.3, -0.25) is 14.5 Å². The third-order valence-corrected chi connectivity index (χ3v) is 3.06. The van der Waals surface area contributed by atoms with Gasteiger partial charge in [-0.2, -0.15) is 0 Å². The van der Waals surface area contributed by atoms with Gasteiger partial charge in [0.1, 0.15) is 6.54 Å². The van der Waals surface area contributed by atoms with Crippen LogP contribution in [0.1, 0.15) is 19.4 Å². The second-order valence-corrected chi connectivity index (χ2v) is 5.20. The number of likely N-dealkylation sites (N-methyl/N-ethyl adjacent to an activating group) is 1. The fourth-order valence-electron chi connectivity index (χ4n) is 2.25. The van der Waals surface area contributed by atoms with Gasteiger partial charge in [0.05, 0.1) is 6.04 Å². The van der Waals surface area contributed by atoms with Crippen LogP contribution in [0.3, 0.4) is 0 Å². The Bertz CT molecular complexity index is 446. The van der Waals surface area contributed by atoms with Crippen LogP contribution >= 0.6 is 0 Å². The zero-order valence-corrected chi connectivity index (χ0v) is 12.2. The number of benzene rings is 1. The van der Waals surface area contributed by atoms with Crippen LogP contribution in [0.4, 0.5) is 0 Å². The highest BCUT2D eigenvalue weighted by molar-refractivity contribution is 5.85. The first-order valence-electron chi connectivity index (χ1n) is 6.65. The van der Waals surface area contributed by atoms with E-state index >= 15 is 0 Å². The molecule has 1 aromatic rings. The van der Waals surface area contributed by atoms with E-state index in [0.29, 0.717) is 6.54 Å². The molecule has 0 heterocycles. The van der Waals surface area contributed by atoms with Crippen molar-refractivity contribution in [3.05, 3.63) is 35.9 Å². The Hall–Kier alpha value is -1.88. The molecule has 0 fully saturated rings. The monoisotopic (exact) mass is 278 g/mol. The summed E-state index contributed by atoms with van der Waals surface area (Å²) in [6.07, 6.45) is 0. The molecule has 0 aliphatic heterocycles. The van der Waals surface area contributed by atoms with E-state index in [1.54, 1.807) is 0 Å². The van der Waals surface area contributed by atoms with Gasteiger partial charge >= 0.3 is 5.97 Å². The van der Waals surface area contributed by atoms with Crippen LogP contribution in [-0.4, -0.2) is 41.5 Å². The van der Waals surface area contributed by atoms with E-state index in [4.69, 9.17) is 5.11 Å². The Morgan fingerprint density at radius 3 is 2.35 bits per heavy atom. The van der Waals surface area contributed by atoms with Crippen LogP contribution < -0.4 is 5.32 Å². The van der Waals surface area contributed by atoms with Crippen LogP contribution in [0.15, 0.2) is 30.3 Å². The maximum Gasteiger partial charge on any atom is 0.322 e. The van der Waals surface area contributed by atoms with Crippen molar-refractivity contribution >= 4 is 11.9 Å². The van der Waals surface area contributed by atoms with Crippen molar-refractivity contribution in [1.29, 1.82) is 0 Å². The molecule has 0 saturated heterocycles. The van der Waals surface area contributed by atoms with E-state index in [9.17, 15) is 9.59 Å². The van der Waals surface area contributed by atoms with Gasteiger partial charge in [0.25, 0.3) is 0 Å². The number of carboxylic acid groups (broad SMARTS) is 1. The van der Waals surface area contributed by atoms with Gasteiger partial charge < -0.3 is 10.4 Å². The van der Waals surface area contributed by atoms with E-state index in [-0.39, 0.29) is 24.4 Å². The van der Waals surface area contributed by atoms with Crippen LogP contribution in [0.2, 0.25) is 0 Å². The second-order valence-electron chi connectivity index (χ2n) is 5.20. The number of carbonyl (C=O) groups excluding carboxylic acids is 1. The summed E-state index contributed by atoms with van der Waals surface area (Å²) < 4.78 is 0. The number of amides is 1. The molecule has 1 atom stereocenters. The molecule has 1 unspecified atom stereocenters. The normalized spacial score (nSPS) is 12.4. The molecular weight excluding hydrogens is 256 g/mol.